The SMILES string of the molecule is C.C/C=C(C)/C(C)=C/C.CC. The number of allylic oxidation sites excluding steroid dienone is 4. The Labute approximate surface area is 73.0 Å². The highest BCUT2D eigenvalue weighted by atomic mass is 13.9. The molecule has 0 atom stereocenters. The van der Waals surface area contributed by atoms with E-state index in [0.717, 1.165) is 0 Å². The second-order valence-corrected chi connectivity index (χ2v) is 1.94. The molecule has 0 fully saturated rings. The first-order valence-corrected chi connectivity index (χ1v) is 3.98. The van der Waals surface area contributed by atoms with Crippen molar-refractivity contribution in [1.82, 2.24) is 0 Å². The highest BCUT2D eigenvalue weighted by Gasteiger charge is 1.84. The predicted molar refractivity (Wildman–Crippen MR) is 56.9 cm³/mol. The van der Waals surface area contributed by atoms with Gasteiger partial charge in [-0.25, -0.2) is 0 Å². The van der Waals surface area contributed by atoms with Crippen LogP contribution in [0.4, 0.5) is 0 Å². The van der Waals surface area contributed by atoms with Crippen LogP contribution in [0, 0.1) is 0 Å². The molecule has 68 valence electrons. The Morgan fingerprint density at radius 1 is 0.818 bits per heavy atom. The van der Waals surface area contributed by atoms with Crippen LogP contribution >= 0.6 is 0 Å². The molecule has 0 saturated carbocycles. The Morgan fingerprint density at radius 2 is 1.00 bits per heavy atom. The molecule has 0 aromatic carbocycles. The average Bonchev–Trinajstić information content (AvgIpc) is 2.05. The van der Waals surface area contributed by atoms with E-state index in [-0.39, 0.29) is 7.43 Å². The maximum atomic E-state index is 2.12. The number of rotatable bonds is 1. The molecule has 0 aliphatic rings. The summed E-state index contributed by atoms with van der Waals surface area (Å²) in [5, 5.41) is 0. The van der Waals surface area contributed by atoms with E-state index in [4.69, 9.17) is 0 Å². The van der Waals surface area contributed by atoms with Gasteiger partial charge in [0.2, 0.25) is 0 Å². The summed E-state index contributed by atoms with van der Waals surface area (Å²) < 4.78 is 0. The van der Waals surface area contributed by atoms with Gasteiger partial charge in [-0.3, -0.25) is 0 Å². The minimum absolute atomic E-state index is 0. The predicted octanol–water partition coefficient (Wildman–Crippen LogP) is 4.58. The monoisotopic (exact) mass is 156 g/mol. The maximum Gasteiger partial charge on any atom is -0.0399 e. The fourth-order valence-corrected chi connectivity index (χ4v) is 0.455. The molecule has 0 aliphatic heterocycles. The summed E-state index contributed by atoms with van der Waals surface area (Å²) in [6.07, 6.45) is 4.24. The van der Waals surface area contributed by atoms with E-state index in [1.165, 1.54) is 11.1 Å². The molecule has 0 aromatic rings. The first-order valence-electron chi connectivity index (χ1n) is 3.98. The minimum atomic E-state index is 0. The van der Waals surface area contributed by atoms with Gasteiger partial charge in [-0.15, -0.1) is 0 Å². The molecule has 0 heterocycles. The van der Waals surface area contributed by atoms with Crippen LogP contribution in [0.3, 0.4) is 0 Å². The molecule has 0 aromatic heterocycles. The molecule has 0 radical (unpaired) electrons. The highest BCUT2D eigenvalue weighted by molar-refractivity contribution is 5.25. The quantitative estimate of drug-likeness (QED) is 0.487. The zero-order valence-electron chi connectivity index (χ0n) is 8.15. The molecule has 0 heteroatoms. The van der Waals surface area contributed by atoms with Crippen LogP contribution in [0.25, 0.3) is 0 Å². The van der Waals surface area contributed by atoms with Gasteiger partial charge in [0.25, 0.3) is 0 Å². The summed E-state index contributed by atoms with van der Waals surface area (Å²) in [6, 6.07) is 0. The van der Waals surface area contributed by atoms with E-state index < -0.39 is 0 Å². The van der Waals surface area contributed by atoms with Crippen molar-refractivity contribution in [3.05, 3.63) is 23.3 Å². The van der Waals surface area contributed by atoms with Crippen LogP contribution in [-0.4, -0.2) is 0 Å². The van der Waals surface area contributed by atoms with Crippen molar-refractivity contribution in [3.63, 3.8) is 0 Å². The van der Waals surface area contributed by atoms with E-state index in [9.17, 15) is 0 Å². The van der Waals surface area contributed by atoms with Gasteiger partial charge in [0.15, 0.2) is 0 Å². The fourth-order valence-electron chi connectivity index (χ4n) is 0.455. The lowest BCUT2D eigenvalue weighted by Crippen LogP contribution is -1.74. The van der Waals surface area contributed by atoms with Crippen molar-refractivity contribution in [1.29, 1.82) is 0 Å². The van der Waals surface area contributed by atoms with Crippen molar-refractivity contribution in [2.45, 2.75) is 49.0 Å². The molecule has 0 nitrogen and oxygen atoms in total. The zero-order chi connectivity index (χ0) is 8.57. The van der Waals surface area contributed by atoms with Crippen molar-refractivity contribution >= 4 is 0 Å². The second kappa shape index (κ2) is 12.2. The van der Waals surface area contributed by atoms with E-state index in [0.29, 0.717) is 0 Å². The third-order valence-electron chi connectivity index (χ3n) is 1.49. The topological polar surface area (TPSA) is 0 Å². The van der Waals surface area contributed by atoms with Crippen LogP contribution in [-0.2, 0) is 0 Å². The Balaban J connectivity index is -0.000000196. The van der Waals surface area contributed by atoms with E-state index >= 15 is 0 Å². The molecular formula is C11H24. The lowest BCUT2D eigenvalue weighted by molar-refractivity contribution is 1.31. The first-order chi connectivity index (χ1) is 4.72. The molecule has 0 spiro atoms. The molecule has 0 amide bonds. The van der Waals surface area contributed by atoms with Crippen molar-refractivity contribution < 1.29 is 0 Å². The van der Waals surface area contributed by atoms with Crippen molar-refractivity contribution in [2.75, 3.05) is 0 Å². The standard InChI is InChI=1S/C8H14.C2H6.CH4/c1-5-7(3)8(4)6-2;1-2;/h5-6H,1-4H3;1-2H3;1H4/b7-5+,8-6+;;. The molecule has 0 unspecified atom stereocenters. The Bertz CT molecular complexity index is 100. The van der Waals surface area contributed by atoms with Gasteiger partial charge in [-0.2, -0.15) is 0 Å². The largest absolute Gasteiger partial charge is 0.0845 e. The zero-order valence-corrected chi connectivity index (χ0v) is 8.15. The van der Waals surface area contributed by atoms with Crippen molar-refractivity contribution in [2.24, 2.45) is 0 Å². The lowest BCUT2D eigenvalue weighted by atomic mass is 10.1. The lowest BCUT2D eigenvalue weighted by Gasteiger charge is -1.95. The van der Waals surface area contributed by atoms with Crippen LogP contribution < -0.4 is 0 Å². The minimum Gasteiger partial charge on any atom is -0.0845 e. The van der Waals surface area contributed by atoms with Crippen LogP contribution in [0.15, 0.2) is 23.3 Å². The Morgan fingerprint density at radius 3 is 1.09 bits per heavy atom. The number of hydrogen-bond acceptors (Lipinski definition) is 0. The van der Waals surface area contributed by atoms with E-state index in [2.05, 4.69) is 39.8 Å². The maximum absolute atomic E-state index is 2.12. The van der Waals surface area contributed by atoms with Gasteiger partial charge < -0.3 is 0 Å². The first kappa shape index (κ1) is 16.8. The molecule has 0 rings (SSSR count). The molecule has 0 N–H and O–H groups in total. The summed E-state index contributed by atoms with van der Waals surface area (Å²) in [5.74, 6) is 0. The molecule has 0 aliphatic carbocycles. The molecule has 11 heavy (non-hydrogen) atoms. The van der Waals surface area contributed by atoms with Crippen LogP contribution in [0.1, 0.15) is 49.0 Å². The normalized spacial score (nSPS) is 11.1. The van der Waals surface area contributed by atoms with Gasteiger partial charge in [0.05, 0.1) is 0 Å². The highest BCUT2D eigenvalue weighted by Crippen LogP contribution is 2.05. The molecule has 0 bridgehead atoms. The van der Waals surface area contributed by atoms with Gasteiger partial charge in [-0.1, -0.05) is 44.6 Å². The summed E-state index contributed by atoms with van der Waals surface area (Å²) in [5.41, 5.74) is 2.74. The van der Waals surface area contributed by atoms with E-state index in [1.54, 1.807) is 0 Å². The molecular weight excluding hydrogens is 132 g/mol. The summed E-state index contributed by atoms with van der Waals surface area (Å²) >= 11 is 0. The Kier molecular flexibility index (Phi) is 18.6. The second-order valence-electron chi connectivity index (χ2n) is 1.94. The van der Waals surface area contributed by atoms with Crippen LogP contribution in [0.5, 0.6) is 0 Å². The van der Waals surface area contributed by atoms with Gasteiger partial charge in [0.1, 0.15) is 0 Å². The summed E-state index contributed by atoms with van der Waals surface area (Å²) in [6.45, 7) is 12.4. The van der Waals surface area contributed by atoms with E-state index in [1.807, 2.05) is 13.8 Å². The smallest absolute Gasteiger partial charge is 0.0399 e. The number of hydrogen-bond donors (Lipinski definition) is 0. The van der Waals surface area contributed by atoms with Gasteiger partial charge in [-0.05, 0) is 27.7 Å². The summed E-state index contributed by atoms with van der Waals surface area (Å²) in [7, 11) is 0. The van der Waals surface area contributed by atoms with Gasteiger partial charge in [0, 0.05) is 0 Å². The van der Waals surface area contributed by atoms with Crippen LogP contribution in [0.2, 0.25) is 0 Å². The fraction of sp³-hybridized carbons (Fsp3) is 0.636. The Hall–Kier alpha value is -0.520. The van der Waals surface area contributed by atoms with Crippen molar-refractivity contribution in [3.8, 4) is 0 Å². The third-order valence-corrected chi connectivity index (χ3v) is 1.49. The molecule has 0 saturated heterocycles. The summed E-state index contributed by atoms with van der Waals surface area (Å²) in [4.78, 5) is 0. The average molecular weight is 156 g/mol. The van der Waals surface area contributed by atoms with Gasteiger partial charge >= 0.3 is 0 Å². The third kappa shape index (κ3) is 9.48.